The number of rotatable bonds is 5. The first-order valence-electron chi connectivity index (χ1n) is 19.3. The van der Waals surface area contributed by atoms with E-state index in [1.807, 2.05) is 0 Å². The van der Waals surface area contributed by atoms with E-state index in [0.717, 1.165) is 22.7 Å². The van der Waals surface area contributed by atoms with Crippen LogP contribution in [0.2, 0.25) is 0 Å². The molecule has 0 radical (unpaired) electrons. The maximum Gasteiger partial charge on any atom is 0.0561 e. The molecule has 0 aliphatic heterocycles. The molecule has 1 aromatic heterocycles. The fourth-order valence-electron chi connectivity index (χ4n) is 9.39. The standard InChI is InChI=1S/C54H34N2/c1-2-14-36(15-3-1)43-19-8-10-23-50(43)55(41-28-30-48-49(33-41)47-22-12-18-39-31-38-17-6-7-20-44(38)54(48)53(39)47)42-27-29-46-45-21-9-11-24-51(45)56(52(46)34-42)40-26-25-35-13-4-5-16-37(35)32-40/h1-34H. The third kappa shape index (κ3) is 4.57. The molecule has 0 saturated heterocycles. The first kappa shape index (κ1) is 31.0. The maximum absolute atomic E-state index is 2.46. The number of hydrogen-bond acceptors (Lipinski definition) is 1. The van der Waals surface area contributed by atoms with Gasteiger partial charge in [0.15, 0.2) is 0 Å². The second kappa shape index (κ2) is 12.0. The van der Waals surface area contributed by atoms with Gasteiger partial charge in [0.2, 0.25) is 0 Å². The van der Waals surface area contributed by atoms with Crippen LogP contribution >= 0.6 is 0 Å². The van der Waals surface area contributed by atoms with Gasteiger partial charge in [0.1, 0.15) is 0 Å². The van der Waals surface area contributed by atoms with Gasteiger partial charge in [-0.1, -0.05) is 152 Å². The second-order valence-corrected chi connectivity index (χ2v) is 14.9. The van der Waals surface area contributed by atoms with Crippen molar-refractivity contribution in [2.24, 2.45) is 0 Å². The molecule has 1 heterocycles. The molecule has 11 aromatic rings. The van der Waals surface area contributed by atoms with Crippen LogP contribution in [0, 0.1) is 0 Å². The van der Waals surface area contributed by atoms with Crippen LogP contribution in [0.3, 0.4) is 0 Å². The Balaban J connectivity index is 1.13. The molecular formula is C54H34N2. The zero-order valence-corrected chi connectivity index (χ0v) is 30.5. The zero-order valence-electron chi connectivity index (χ0n) is 30.5. The predicted octanol–water partition coefficient (Wildman–Crippen LogP) is 15.0. The van der Waals surface area contributed by atoms with Crippen molar-refractivity contribution < 1.29 is 0 Å². The minimum absolute atomic E-state index is 1.10. The van der Waals surface area contributed by atoms with E-state index in [9.17, 15) is 0 Å². The van der Waals surface area contributed by atoms with Gasteiger partial charge in [-0.15, -0.1) is 0 Å². The largest absolute Gasteiger partial charge is 0.310 e. The van der Waals surface area contributed by atoms with E-state index in [0.29, 0.717) is 0 Å². The van der Waals surface area contributed by atoms with E-state index in [1.165, 1.54) is 87.5 Å². The Hall–Kier alpha value is -7.42. The third-order valence-electron chi connectivity index (χ3n) is 11.8. The normalized spacial score (nSPS) is 11.9. The Morgan fingerprint density at radius 1 is 0.339 bits per heavy atom. The lowest BCUT2D eigenvalue weighted by Gasteiger charge is -2.29. The topological polar surface area (TPSA) is 8.17 Å². The highest BCUT2D eigenvalue weighted by molar-refractivity contribution is 6.24. The number of hydrogen-bond donors (Lipinski definition) is 0. The summed E-state index contributed by atoms with van der Waals surface area (Å²) in [6, 6.07) is 75.8. The molecular weight excluding hydrogens is 677 g/mol. The molecule has 0 unspecified atom stereocenters. The number of anilines is 3. The van der Waals surface area contributed by atoms with E-state index in [1.54, 1.807) is 0 Å². The van der Waals surface area contributed by atoms with Crippen molar-refractivity contribution in [1.82, 2.24) is 4.57 Å². The van der Waals surface area contributed by atoms with Gasteiger partial charge in [0, 0.05) is 33.4 Å². The van der Waals surface area contributed by atoms with Crippen LogP contribution in [0.15, 0.2) is 206 Å². The minimum atomic E-state index is 1.10. The van der Waals surface area contributed by atoms with Crippen LogP contribution in [0.5, 0.6) is 0 Å². The van der Waals surface area contributed by atoms with Crippen LogP contribution in [-0.2, 0) is 0 Å². The van der Waals surface area contributed by atoms with Crippen molar-refractivity contribution in [1.29, 1.82) is 0 Å². The molecule has 1 aliphatic carbocycles. The Labute approximate surface area is 324 Å². The second-order valence-electron chi connectivity index (χ2n) is 14.9. The van der Waals surface area contributed by atoms with Gasteiger partial charge in [0.05, 0.1) is 16.7 Å². The quantitative estimate of drug-likeness (QED) is 0.161. The summed E-state index contributed by atoms with van der Waals surface area (Å²) in [5.41, 5.74) is 14.4. The molecule has 12 rings (SSSR count). The van der Waals surface area contributed by atoms with Gasteiger partial charge in [-0.3, -0.25) is 0 Å². The lowest BCUT2D eigenvalue weighted by molar-refractivity contribution is 1.18. The molecule has 0 saturated carbocycles. The highest BCUT2D eigenvalue weighted by Crippen LogP contribution is 2.53. The highest BCUT2D eigenvalue weighted by Gasteiger charge is 2.26. The van der Waals surface area contributed by atoms with Crippen molar-refractivity contribution in [2.75, 3.05) is 4.90 Å². The Morgan fingerprint density at radius 2 is 1.02 bits per heavy atom. The molecule has 0 bridgehead atoms. The van der Waals surface area contributed by atoms with Crippen LogP contribution in [-0.4, -0.2) is 4.57 Å². The lowest BCUT2D eigenvalue weighted by atomic mass is 9.96. The summed E-state index contributed by atoms with van der Waals surface area (Å²) in [7, 11) is 0. The van der Waals surface area contributed by atoms with E-state index in [-0.39, 0.29) is 0 Å². The molecule has 1 aliphatic rings. The van der Waals surface area contributed by atoms with Gasteiger partial charge in [-0.25, -0.2) is 0 Å². The van der Waals surface area contributed by atoms with Gasteiger partial charge in [-0.05, 0) is 115 Å². The third-order valence-corrected chi connectivity index (χ3v) is 11.8. The summed E-state index contributed by atoms with van der Waals surface area (Å²) in [5.74, 6) is 0. The Morgan fingerprint density at radius 3 is 1.93 bits per heavy atom. The lowest BCUT2D eigenvalue weighted by Crippen LogP contribution is -2.11. The molecule has 0 fully saturated rings. The van der Waals surface area contributed by atoms with Crippen LogP contribution < -0.4 is 4.90 Å². The molecule has 0 N–H and O–H groups in total. The molecule has 10 aromatic carbocycles. The van der Waals surface area contributed by atoms with Crippen LogP contribution in [0.4, 0.5) is 17.1 Å². The van der Waals surface area contributed by atoms with Crippen molar-refractivity contribution in [3.63, 3.8) is 0 Å². The van der Waals surface area contributed by atoms with Gasteiger partial charge in [0.25, 0.3) is 0 Å². The van der Waals surface area contributed by atoms with E-state index in [4.69, 9.17) is 0 Å². The first-order chi connectivity index (χ1) is 27.8. The van der Waals surface area contributed by atoms with Gasteiger partial charge < -0.3 is 9.47 Å². The first-order valence-corrected chi connectivity index (χ1v) is 19.3. The fraction of sp³-hybridized carbons (Fsp3) is 0. The molecule has 0 amide bonds. The number of fused-ring (bicyclic) bond motifs is 9. The maximum atomic E-state index is 2.46. The van der Waals surface area contributed by atoms with Crippen molar-refractivity contribution >= 4 is 71.2 Å². The Bertz CT molecular complexity index is 3370. The summed E-state index contributed by atoms with van der Waals surface area (Å²) in [4.78, 5) is 2.46. The SMILES string of the molecule is c1ccc(-c2ccccc2N(c2ccc3c(c2)-c2cccc4cc5ccccc5c-3c24)c2ccc3c4ccccc4n(-c4ccc5ccccc5c4)c3c2)cc1. The molecule has 56 heavy (non-hydrogen) atoms. The van der Waals surface area contributed by atoms with Gasteiger partial charge >= 0.3 is 0 Å². The molecule has 0 atom stereocenters. The smallest absolute Gasteiger partial charge is 0.0561 e. The number of nitrogens with zero attached hydrogens (tertiary/aromatic N) is 2. The summed E-state index contributed by atoms with van der Waals surface area (Å²) in [6.45, 7) is 0. The number of aromatic nitrogens is 1. The van der Waals surface area contributed by atoms with Crippen LogP contribution in [0.1, 0.15) is 0 Å². The number of benzene rings is 10. The summed E-state index contributed by atoms with van der Waals surface area (Å²) in [5, 5.41) is 10.2. The summed E-state index contributed by atoms with van der Waals surface area (Å²) in [6.07, 6.45) is 0. The van der Waals surface area contributed by atoms with E-state index >= 15 is 0 Å². The van der Waals surface area contributed by atoms with Crippen molar-refractivity contribution in [3.8, 4) is 39.1 Å². The summed E-state index contributed by atoms with van der Waals surface area (Å²) >= 11 is 0. The molecule has 0 spiro atoms. The summed E-state index contributed by atoms with van der Waals surface area (Å²) < 4.78 is 2.44. The van der Waals surface area contributed by atoms with Gasteiger partial charge in [-0.2, -0.15) is 0 Å². The number of para-hydroxylation sites is 2. The van der Waals surface area contributed by atoms with E-state index < -0.39 is 0 Å². The molecule has 260 valence electrons. The highest BCUT2D eigenvalue weighted by atomic mass is 15.1. The Kier molecular flexibility index (Phi) is 6.66. The van der Waals surface area contributed by atoms with Crippen molar-refractivity contribution in [3.05, 3.63) is 206 Å². The molecule has 2 heteroatoms. The molecule has 2 nitrogen and oxygen atoms in total. The van der Waals surface area contributed by atoms with Crippen molar-refractivity contribution in [2.45, 2.75) is 0 Å². The zero-order chi connectivity index (χ0) is 36.7. The van der Waals surface area contributed by atoms with Crippen LogP contribution in [0.25, 0.3) is 93.2 Å². The monoisotopic (exact) mass is 710 g/mol. The van der Waals surface area contributed by atoms with E-state index in [2.05, 4.69) is 216 Å². The predicted molar refractivity (Wildman–Crippen MR) is 238 cm³/mol. The average molecular weight is 711 g/mol. The minimum Gasteiger partial charge on any atom is -0.310 e. The average Bonchev–Trinajstić information content (AvgIpc) is 3.77. The fourth-order valence-corrected chi connectivity index (χ4v) is 9.39.